The minimum absolute atomic E-state index is 0.126. The smallest absolute Gasteiger partial charge is 0.163 e. The molecular weight excluding hydrogens is 408 g/mol. The maximum Gasteiger partial charge on any atom is 0.163 e. The Kier molecular flexibility index (Phi) is 5.16. The van der Waals surface area contributed by atoms with Gasteiger partial charge in [-0.2, -0.15) is 0 Å². The number of para-hydroxylation sites is 2. The summed E-state index contributed by atoms with van der Waals surface area (Å²) in [6.07, 6.45) is 1.25. The lowest BCUT2D eigenvalue weighted by molar-refractivity contribution is -0.116. The van der Waals surface area contributed by atoms with Gasteiger partial charge in [-0.1, -0.05) is 48.0 Å². The number of ketones is 1. The normalized spacial score (nSPS) is 20.1. The molecule has 31 heavy (non-hydrogen) atoms. The fraction of sp³-hybridized carbons (Fsp3) is 0.192. The molecule has 3 aromatic rings. The van der Waals surface area contributed by atoms with Crippen molar-refractivity contribution in [3.63, 3.8) is 0 Å². The lowest BCUT2D eigenvalue weighted by Crippen LogP contribution is -2.26. The van der Waals surface area contributed by atoms with Gasteiger partial charge in [0.2, 0.25) is 0 Å². The fourth-order valence-corrected chi connectivity index (χ4v) is 4.64. The summed E-state index contributed by atoms with van der Waals surface area (Å²) in [5, 5.41) is 7.84. The van der Waals surface area contributed by atoms with E-state index in [0.29, 0.717) is 11.4 Å². The molecule has 0 bridgehead atoms. The largest absolute Gasteiger partial charge is 0.497 e. The predicted molar refractivity (Wildman–Crippen MR) is 125 cm³/mol. The third kappa shape index (κ3) is 3.79. The van der Waals surface area contributed by atoms with Gasteiger partial charge in [-0.05, 0) is 59.9 Å². The zero-order valence-corrected chi connectivity index (χ0v) is 17.9. The standard InChI is InChI=1S/C26H23ClN2O2/c1-31-20-12-8-16(9-13-20)18-14-23-25(24(30)15-18)26(17-6-10-19(27)11-7-17)29-22-5-3-2-4-21(22)28-23/h2-13,18,26,28-29H,14-15H2,1H3/t18-,26+/m1/s1. The first-order valence-corrected chi connectivity index (χ1v) is 10.8. The summed E-state index contributed by atoms with van der Waals surface area (Å²) < 4.78 is 5.28. The van der Waals surface area contributed by atoms with Crippen molar-refractivity contribution in [3.8, 4) is 5.75 Å². The van der Waals surface area contributed by atoms with Crippen molar-refractivity contribution >= 4 is 28.8 Å². The first kappa shape index (κ1) is 19.7. The summed E-state index contributed by atoms with van der Waals surface area (Å²) in [6.45, 7) is 0. The quantitative estimate of drug-likeness (QED) is 0.509. The van der Waals surface area contributed by atoms with Gasteiger partial charge >= 0.3 is 0 Å². The van der Waals surface area contributed by atoms with Crippen molar-refractivity contribution in [2.24, 2.45) is 0 Å². The maximum atomic E-state index is 13.5. The molecule has 5 rings (SSSR count). The zero-order chi connectivity index (χ0) is 21.4. The number of benzene rings is 3. The number of ether oxygens (including phenoxy) is 1. The van der Waals surface area contributed by atoms with Crippen molar-refractivity contribution < 1.29 is 9.53 Å². The molecule has 0 radical (unpaired) electrons. The first-order chi connectivity index (χ1) is 15.1. The molecule has 3 aromatic carbocycles. The molecule has 4 nitrogen and oxygen atoms in total. The number of halogens is 1. The number of hydrogen-bond donors (Lipinski definition) is 2. The highest BCUT2D eigenvalue weighted by Crippen LogP contribution is 2.44. The van der Waals surface area contributed by atoms with E-state index in [0.717, 1.165) is 45.9 Å². The number of carbonyl (C=O) groups is 1. The van der Waals surface area contributed by atoms with Crippen LogP contribution < -0.4 is 15.4 Å². The van der Waals surface area contributed by atoms with Crippen molar-refractivity contribution in [1.29, 1.82) is 0 Å². The molecule has 0 saturated carbocycles. The van der Waals surface area contributed by atoms with Crippen LogP contribution in [0.25, 0.3) is 0 Å². The second-order valence-electron chi connectivity index (χ2n) is 7.99. The van der Waals surface area contributed by atoms with Crippen LogP contribution in [0.1, 0.15) is 35.9 Å². The Hall–Kier alpha value is -3.24. The summed E-state index contributed by atoms with van der Waals surface area (Å²) in [5.41, 5.74) is 5.92. The van der Waals surface area contributed by atoms with Crippen molar-refractivity contribution in [2.75, 3.05) is 17.7 Å². The van der Waals surface area contributed by atoms with Gasteiger partial charge in [0.1, 0.15) is 5.75 Å². The van der Waals surface area contributed by atoms with Gasteiger partial charge in [-0.15, -0.1) is 0 Å². The highest BCUT2D eigenvalue weighted by molar-refractivity contribution is 6.30. The van der Waals surface area contributed by atoms with Crippen LogP contribution >= 0.6 is 11.6 Å². The molecule has 0 unspecified atom stereocenters. The summed E-state index contributed by atoms with van der Waals surface area (Å²) >= 11 is 6.12. The average Bonchev–Trinajstić information content (AvgIpc) is 2.96. The van der Waals surface area contributed by atoms with E-state index in [-0.39, 0.29) is 17.7 Å². The van der Waals surface area contributed by atoms with Crippen molar-refractivity contribution in [2.45, 2.75) is 24.8 Å². The minimum Gasteiger partial charge on any atom is -0.497 e. The number of fused-ring (bicyclic) bond motifs is 1. The van der Waals surface area contributed by atoms with E-state index < -0.39 is 0 Å². The van der Waals surface area contributed by atoms with Gasteiger partial charge in [-0.25, -0.2) is 0 Å². The third-order valence-corrected chi connectivity index (χ3v) is 6.35. The molecule has 2 atom stereocenters. The first-order valence-electron chi connectivity index (χ1n) is 10.4. The van der Waals surface area contributed by atoms with Crippen molar-refractivity contribution in [3.05, 3.63) is 100 Å². The fourth-order valence-electron chi connectivity index (χ4n) is 4.51. The molecule has 2 N–H and O–H groups in total. The van der Waals surface area contributed by atoms with Gasteiger partial charge < -0.3 is 15.4 Å². The molecule has 1 aliphatic carbocycles. The summed E-state index contributed by atoms with van der Waals surface area (Å²) in [4.78, 5) is 13.5. The number of hydrogen-bond acceptors (Lipinski definition) is 4. The van der Waals surface area contributed by atoms with Crippen LogP contribution in [0.5, 0.6) is 5.75 Å². The van der Waals surface area contributed by atoms with Crippen LogP contribution in [-0.4, -0.2) is 12.9 Å². The summed E-state index contributed by atoms with van der Waals surface area (Å²) in [7, 11) is 1.66. The molecule has 2 aliphatic rings. The molecule has 0 saturated heterocycles. The Bertz CT molecular complexity index is 1150. The van der Waals surface area contributed by atoms with E-state index in [1.54, 1.807) is 7.11 Å². The highest BCUT2D eigenvalue weighted by atomic mass is 35.5. The number of carbonyl (C=O) groups excluding carboxylic acids is 1. The second-order valence-corrected chi connectivity index (χ2v) is 8.43. The van der Waals surface area contributed by atoms with Gasteiger partial charge in [0, 0.05) is 22.7 Å². The third-order valence-electron chi connectivity index (χ3n) is 6.10. The Morgan fingerprint density at radius 2 is 1.55 bits per heavy atom. The second kappa shape index (κ2) is 8.12. The van der Waals surface area contributed by atoms with E-state index in [1.807, 2.05) is 60.7 Å². The number of rotatable bonds is 3. The number of nitrogens with one attached hydrogen (secondary N) is 2. The molecule has 0 aromatic heterocycles. The zero-order valence-electron chi connectivity index (χ0n) is 17.2. The summed E-state index contributed by atoms with van der Waals surface area (Å²) in [6, 6.07) is 23.6. The van der Waals surface area contributed by atoms with E-state index in [9.17, 15) is 4.79 Å². The van der Waals surface area contributed by atoms with Crippen LogP contribution in [-0.2, 0) is 4.79 Å². The Morgan fingerprint density at radius 3 is 2.26 bits per heavy atom. The van der Waals surface area contributed by atoms with Crippen LogP contribution in [0.3, 0.4) is 0 Å². The highest BCUT2D eigenvalue weighted by Gasteiger charge is 2.36. The SMILES string of the molecule is COc1ccc([C@H]2CC(=O)C3=C(C2)Nc2ccccc2N[C@H]3c2ccc(Cl)cc2)cc1. The number of Topliss-reactive ketones (excluding diaryl/α,β-unsaturated/α-hetero) is 1. The van der Waals surface area contributed by atoms with Crippen molar-refractivity contribution in [1.82, 2.24) is 0 Å². The maximum absolute atomic E-state index is 13.5. The molecule has 0 fully saturated rings. The minimum atomic E-state index is -0.229. The van der Waals surface area contributed by atoms with E-state index in [4.69, 9.17) is 16.3 Å². The van der Waals surface area contributed by atoms with Crippen LogP contribution in [0.2, 0.25) is 5.02 Å². The van der Waals surface area contributed by atoms with Gasteiger partial charge in [-0.3, -0.25) is 4.79 Å². The van der Waals surface area contributed by atoms with Crippen LogP contribution in [0.4, 0.5) is 11.4 Å². The van der Waals surface area contributed by atoms with E-state index in [1.165, 1.54) is 0 Å². The molecule has 0 spiro atoms. The van der Waals surface area contributed by atoms with Gasteiger partial charge in [0.05, 0.1) is 24.5 Å². The topological polar surface area (TPSA) is 50.4 Å². The average molecular weight is 431 g/mol. The summed E-state index contributed by atoms with van der Waals surface area (Å²) in [5.74, 6) is 1.11. The molecular formula is C26H23ClN2O2. The lowest BCUT2D eigenvalue weighted by Gasteiger charge is -2.30. The Balaban J connectivity index is 1.57. The molecule has 156 valence electrons. The molecule has 1 aliphatic heterocycles. The molecule has 1 heterocycles. The lowest BCUT2D eigenvalue weighted by atomic mass is 9.78. The number of allylic oxidation sites excluding steroid dienone is 1. The Morgan fingerprint density at radius 1 is 0.871 bits per heavy atom. The molecule has 5 heteroatoms. The van der Waals surface area contributed by atoms with E-state index in [2.05, 4.69) is 22.8 Å². The van der Waals surface area contributed by atoms with Gasteiger partial charge in [0.15, 0.2) is 5.78 Å². The predicted octanol–water partition coefficient (Wildman–Crippen LogP) is 6.33. The van der Waals surface area contributed by atoms with Crippen LogP contribution in [0.15, 0.2) is 84.1 Å². The molecule has 0 amide bonds. The van der Waals surface area contributed by atoms with Crippen LogP contribution in [0, 0.1) is 0 Å². The van der Waals surface area contributed by atoms with Gasteiger partial charge in [0.25, 0.3) is 0 Å². The number of methoxy groups -OCH3 is 1. The Labute approximate surface area is 186 Å². The number of anilines is 2. The van der Waals surface area contributed by atoms with E-state index >= 15 is 0 Å². The monoisotopic (exact) mass is 430 g/mol.